The summed E-state index contributed by atoms with van der Waals surface area (Å²) in [5, 5.41) is 0. The summed E-state index contributed by atoms with van der Waals surface area (Å²) in [5.41, 5.74) is 8.61. The van der Waals surface area contributed by atoms with E-state index < -0.39 is 0 Å². The molecule has 1 heteroatoms. The van der Waals surface area contributed by atoms with Crippen molar-refractivity contribution >= 4 is 0 Å². The largest absolute Gasteiger partial charge is 0.399 e. The van der Waals surface area contributed by atoms with E-state index in [4.69, 9.17) is 5.73 Å². The molecular weight excluding hydrogens is 110 g/mol. The minimum absolute atomic E-state index is 0.689. The Bertz CT molecular complexity index is 143. The number of allylic oxidation sites excluding steroid dienone is 2. The fourth-order valence-electron chi connectivity index (χ4n) is 0.539. The molecule has 0 aliphatic carbocycles. The first-order valence-electron chi connectivity index (χ1n) is 3.20. The van der Waals surface area contributed by atoms with E-state index in [0.717, 1.165) is 12.0 Å². The van der Waals surface area contributed by atoms with Crippen LogP contribution in [-0.2, 0) is 0 Å². The Morgan fingerprint density at radius 3 is 2.00 bits per heavy atom. The molecule has 0 aromatic rings. The lowest BCUT2D eigenvalue weighted by Gasteiger charge is -2.02. The quantitative estimate of drug-likeness (QED) is 0.562. The molecule has 9 heavy (non-hydrogen) atoms. The first kappa shape index (κ1) is 8.28. The second kappa shape index (κ2) is 3.33. The number of nitrogens with two attached hydrogens (primary N) is 1. The standard InChI is InChI=1S/C8H15N/c1-5-6(2)7(3)8(4)9/h4-5,9H2,1-3H3/b7-6-. The Kier molecular flexibility index (Phi) is 3.07. The van der Waals surface area contributed by atoms with Crippen LogP contribution in [0.1, 0.15) is 27.2 Å². The van der Waals surface area contributed by atoms with Gasteiger partial charge in [-0.25, -0.2) is 0 Å². The molecule has 0 saturated carbocycles. The van der Waals surface area contributed by atoms with Gasteiger partial charge in [-0.15, -0.1) is 0 Å². The summed E-state index contributed by atoms with van der Waals surface area (Å²) in [6, 6.07) is 0. The molecule has 0 heterocycles. The van der Waals surface area contributed by atoms with Crippen molar-refractivity contribution in [3.05, 3.63) is 23.4 Å². The van der Waals surface area contributed by atoms with Crippen LogP contribution in [0.15, 0.2) is 23.4 Å². The third-order valence-corrected chi connectivity index (χ3v) is 1.65. The lowest BCUT2D eigenvalue weighted by molar-refractivity contribution is 1.05. The van der Waals surface area contributed by atoms with Crippen molar-refractivity contribution in [1.82, 2.24) is 0 Å². The molecule has 0 aromatic carbocycles. The summed E-state index contributed by atoms with van der Waals surface area (Å²) in [7, 11) is 0. The molecule has 0 aliphatic rings. The Labute approximate surface area is 57.3 Å². The van der Waals surface area contributed by atoms with Gasteiger partial charge in [-0.05, 0) is 25.8 Å². The summed E-state index contributed by atoms with van der Waals surface area (Å²) in [6.45, 7) is 9.83. The molecular formula is C8H15N. The minimum atomic E-state index is 0.689. The summed E-state index contributed by atoms with van der Waals surface area (Å²) >= 11 is 0. The summed E-state index contributed by atoms with van der Waals surface area (Å²) in [4.78, 5) is 0. The van der Waals surface area contributed by atoms with Crippen LogP contribution < -0.4 is 5.73 Å². The summed E-state index contributed by atoms with van der Waals surface area (Å²) in [6.07, 6.45) is 1.06. The Morgan fingerprint density at radius 1 is 1.44 bits per heavy atom. The van der Waals surface area contributed by atoms with Crippen molar-refractivity contribution < 1.29 is 0 Å². The van der Waals surface area contributed by atoms with E-state index in [-0.39, 0.29) is 0 Å². The van der Waals surface area contributed by atoms with Crippen LogP contribution in [0.3, 0.4) is 0 Å². The normalized spacial score (nSPS) is 12.8. The van der Waals surface area contributed by atoms with Gasteiger partial charge in [-0.2, -0.15) is 0 Å². The third-order valence-electron chi connectivity index (χ3n) is 1.65. The van der Waals surface area contributed by atoms with Gasteiger partial charge in [0.05, 0.1) is 0 Å². The van der Waals surface area contributed by atoms with E-state index in [1.54, 1.807) is 0 Å². The molecule has 0 atom stereocenters. The molecule has 0 bridgehead atoms. The Balaban J connectivity index is 4.28. The maximum atomic E-state index is 5.46. The minimum Gasteiger partial charge on any atom is -0.399 e. The fraction of sp³-hybridized carbons (Fsp3) is 0.500. The first-order valence-corrected chi connectivity index (χ1v) is 3.20. The molecule has 0 unspecified atom stereocenters. The molecule has 0 aromatic heterocycles. The van der Waals surface area contributed by atoms with E-state index in [1.165, 1.54) is 5.57 Å². The highest BCUT2D eigenvalue weighted by Crippen LogP contribution is 2.10. The van der Waals surface area contributed by atoms with Gasteiger partial charge >= 0.3 is 0 Å². The van der Waals surface area contributed by atoms with E-state index >= 15 is 0 Å². The lowest BCUT2D eigenvalue weighted by Crippen LogP contribution is -1.97. The highest BCUT2D eigenvalue weighted by Gasteiger charge is 1.93. The van der Waals surface area contributed by atoms with Crippen LogP contribution in [0.5, 0.6) is 0 Å². The third kappa shape index (κ3) is 2.36. The van der Waals surface area contributed by atoms with Crippen molar-refractivity contribution in [2.45, 2.75) is 27.2 Å². The van der Waals surface area contributed by atoms with E-state index in [2.05, 4.69) is 20.4 Å². The predicted octanol–water partition coefficient (Wildman–Crippen LogP) is 2.21. The topological polar surface area (TPSA) is 26.0 Å². The molecule has 0 fully saturated rings. The van der Waals surface area contributed by atoms with Gasteiger partial charge in [-0.3, -0.25) is 0 Å². The van der Waals surface area contributed by atoms with Crippen LogP contribution in [0.25, 0.3) is 0 Å². The van der Waals surface area contributed by atoms with Gasteiger partial charge in [0.25, 0.3) is 0 Å². The van der Waals surface area contributed by atoms with Crippen molar-refractivity contribution in [3.63, 3.8) is 0 Å². The number of rotatable bonds is 2. The summed E-state index contributed by atoms with van der Waals surface area (Å²) in [5.74, 6) is 0. The van der Waals surface area contributed by atoms with Crippen molar-refractivity contribution in [2.75, 3.05) is 0 Å². The smallest absolute Gasteiger partial charge is 0.0270 e. The Hall–Kier alpha value is -0.720. The molecule has 0 amide bonds. The molecule has 0 aliphatic heterocycles. The molecule has 0 radical (unpaired) electrons. The first-order chi connectivity index (χ1) is 4.09. The average molecular weight is 125 g/mol. The van der Waals surface area contributed by atoms with Gasteiger partial charge in [0, 0.05) is 5.70 Å². The van der Waals surface area contributed by atoms with Crippen LogP contribution in [0.4, 0.5) is 0 Å². The van der Waals surface area contributed by atoms with Gasteiger partial charge in [0.15, 0.2) is 0 Å². The van der Waals surface area contributed by atoms with Gasteiger partial charge in [-0.1, -0.05) is 19.1 Å². The summed E-state index contributed by atoms with van der Waals surface area (Å²) < 4.78 is 0. The zero-order chi connectivity index (χ0) is 7.44. The highest BCUT2D eigenvalue weighted by molar-refractivity contribution is 5.27. The molecule has 0 spiro atoms. The highest BCUT2D eigenvalue weighted by atomic mass is 14.6. The zero-order valence-corrected chi connectivity index (χ0v) is 6.49. The maximum Gasteiger partial charge on any atom is 0.0270 e. The Morgan fingerprint density at radius 2 is 1.89 bits per heavy atom. The molecule has 1 nitrogen and oxygen atoms in total. The van der Waals surface area contributed by atoms with Gasteiger partial charge in [0.1, 0.15) is 0 Å². The van der Waals surface area contributed by atoms with E-state index in [0.29, 0.717) is 5.70 Å². The van der Waals surface area contributed by atoms with E-state index in [1.807, 2.05) is 6.92 Å². The number of hydrogen-bond acceptors (Lipinski definition) is 1. The maximum absolute atomic E-state index is 5.46. The van der Waals surface area contributed by atoms with E-state index in [9.17, 15) is 0 Å². The van der Waals surface area contributed by atoms with Crippen molar-refractivity contribution in [1.29, 1.82) is 0 Å². The van der Waals surface area contributed by atoms with Crippen molar-refractivity contribution in [2.24, 2.45) is 5.73 Å². The zero-order valence-electron chi connectivity index (χ0n) is 6.49. The number of hydrogen-bond donors (Lipinski definition) is 1. The van der Waals surface area contributed by atoms with Gasteiger partial charge < -0.3 is 5.73 Å². The van der Waals surface area contributed by atoms with Crippen LogP contribution >= 0.6 is 0 Å². The second-order valence-electron chi connectivity index (χ2n) is 2.28. The molecule has 2 N–H and O–H groups in total. The predicted molar refractivity (Wildman–Crippen MR) is 42.0 cm³/mol. The SMILES string of the molecule is C=C(N)/C(C)=C(/C)CC. The lowest BCUT2D eigenvalue weighted by atomic mass is 10.1. The molecule has 0 saturated heterocycles. The second-order valence-corrected chi connectivity index (χ2v) is 2.28. The fourth-order valence-corrected chi connectivity index (χ4v) is 0.539. The average Bonchev–Trinajstić information content (AvgIpc) is 1.84. The van der Waals surface area contributed by atoms with Crippen molar-refractivity contribution in [3.8, 4) is 0 Å². The van der Waals surface area contributed by atoms with Gasteiger partial charge in [0.2, 0.25) is 0 Å². The molecule has 52 valence electrons. The van der Waals surface area contributed by atoms with Crippen LogP contribution in [-0.4, -0.2) is 0 Å². The van der Waals surface area contributed by atoms with Crippen LogP contribution in [0.2, 0.25) is 0 Å². The molecule has 0 rings (SSSR count). The monoisotopic (exact) mass is 125 g/mol. The van der Waals surface area contributed by atoms with Crippen LogP contribution in [0, 0.1) is 0 Å².